The van der Waals surface area contributed by atoms with Gasteiger partial charge in [-0.1, -0.05) is 133 Å². The van der Waals surface area contributed by atoms with Gasteiger partial charge in [0.1, 0.15) is 5.65 Å². The van der Waals surface area contributed by atoms with Crippen molar-refractivity contribution >= 4 is 43.5 Å². The largest absolute Gasteiger partial charge is 0.294 e. The lowest BCUT2D eigenvalue weighted by Crippen LogP contribution is -1.94. The highest BCUT2D eigenvalue weighted by molar-refractivity contribution is 6.21. The highest BCUT2D eigenvalue weighted by atomic mass is 15.0. The van der Waals surface area contributed by atoms with E-state index in [0.717, 1.165) is 50.0 Å². The third-order valence-electron chi connectivity index (χ3n) is 10.1. The van der Waals surface area contributed by atoms with E-state index >= 15 is 0 Å². The van der Waals surface area contributed by atoms with Crippen molar-refractivity contribution in [2.24, 2.45) is 0 Å². The van der Waals surface area contributed by atoms with Gasteiger partial charge in [0.25, 0.3) is 0 Å². The molecule has 0 spiro atoms. The van der Waals surface area contributed by atoms with Crippen LogP contribution in [0.2, 0.25) is 0 Å². The number of hydrogen-bond acceptors (Lipinski definition) is 2. The van der Waals surface area contributed by atoms with Gasteiger partial charge in [0.15, 0.2) is 0 Å². The lowest BCUT2D eigenvalue weighted by molar-refractivity contribution is 1.14. The Morgan fingerprint density at radius 3 is 1.51 bits per heavy atom. The van der Waals surface area contributed by atoms with E-state index in [1.165, 1.54) is 43.8 Å². The number of benzene rings is 7. The molecule has 3 nitrogen and oxygen atoms in total. The zero-order chi connectivity index (χ0) is 33.7. The first kappa shape index (κ1) is 29.1. The molecule has 3 aromatic heterocycles. The van der Waals surface area contributed by atoms with E-state index in [1.54, 1.807) is 0 Å². The van der Waals surface area contributed by atoms with Crippen LogP contribution in [-0.4, -0.2) is 14.5 Å². The number of para-hydroxylation sites is 1. The summed E-state index contributed by atoms with van der Waals surface area (Å²) in [5, 5.41) is 7.34. The molecule has 10 aromatic rings. The molecule has 0 saturated carbocycles. The molecule has 0 radical (unpaired) electrons. The third kappa shape index (κ3) is 4.82. The number of pyridine rings is 2. The highest BCUT2D eigenvalue weighted by Crippen LogP contribution is 2.44. The zero-order valence-corrected chi connectivity index (χ0v) is 27.7. The molecule has 7 aromatic carbocycles. The molecule has 3 heterocycles. The average Bonchev–Trinajstić information content (AvgIpc) is 3.54. The molecule has 0 amide bonds. The van der Waals surface area contributed by atoms with Crippen molar-refractivity contribution in [2.45, 2.75) is 0 Å². The summed E-state index contributed by atoms with van der Waals surface area (Å²) in [6.07, 6.45) is 3.85. The predicted octanol–water partition coefficient (Wildman–Crippen LogP) is 12.5. The molecule has 0 aliphatic carbocycles. The fraction of sp³-hybridized carbons (Fsp3) is 0. The Morgan fingerprint density at radius 1 is 0.353 bits per heavy atom. The topological polar surface area (TPSA) is 30.7 Å². The van der Waals surface area contributed by atoms with Crippen LogP contribution in [0.15, 0.2) is 188 Å². The first-order valence-electron chi connectivity index (χ1n) is 17.3. The Balaban J connectivity index is 1.02. The quantitative estimate of drug-likeness (QED) is 0.174. The zero-order valence-electron chi connectivity index (χ0n) is 27.7. The van der Waals surface area contributed by atoms with Crippen molar-refractivity contribution in [2.75, 3.05) is 0 Å². The first-order chi connectivity index (χ1) is 25.3. The normalized spacial score (nSPS) is 11.5. The Hall–Kier alpha value is -6.84. The van der Waals surface area contributed by atoms with Crippen LogP contribution in [0.1, 0.15) is 0 Å². The second-order valence-corrected chi connectivity index (χ2v) is 13.0. The number of rotatable bonds is 5. The third-order valence-corrected chi connectivity index (χ3v) is 10.1. The van der Waals surface area contributed by atoms with E-state index in [4.69, 9.17) is 9.97 Å². The monoisotopic (exact) mass is 649 g/mol. The van der Waals surface area contributed by atoms with Gasteiger partial charge in [-0.2, -0.15) is 0 Å². The van der Waals surface area contributed by atoms with Gasteiger partial charge in [-0.15, -0.1) is 0 Å². The summed E-state index contributed by atoms with van der Waals surface area (Å²) in [6.45, 7) is 0. The number of fused-ring (bicyclic) bond motifs is 5. The van der Waals surface area contributed by atoms with Gasteiger partial charge in [0.05, 0.1) is 11.2 Å². The SMILES string of the molecule is c1ccc(-c2c3ccccc3c(-c3ccc(-c4ccc(-c5ccc6c(c5)c5cccnc5n6-c5ccccc5)nc4)cc3)c3ccccc23)cc1. The summed E-state index contributed by atoms with van der Waals surface area (Å²) >= 11 is 0. The van der Waals surface area contributed by atoms with Gasteiger partial charge in [0, 0.05) is 40.0 Å². The van der Waals surface area contributed by atoms with Gasteiger partial charge in [-0.05, 0) is 91.8 Å². The Kier molecular flexibility index (Phi) is 6.81. The molecule has 0 saturated heterocycles. The number of hydrogen-bond donors (Lipinski definition) is 0. The highest BCUT2D eigenvalue weighted by Gasteiger charge is 2.17. The summed E-state index contributed by atoms with van der Waals surface area (Å²) in [5.41, 5.74) is 12.4. The lowest BCUT2D eigenvalue weighted by Gasteiger charge is -2.18. The van der Waals surface area contributed by atoms with Crippen LogP contribution in [-0.2, 0) is 0 Å². The Bertz CT molecular complexity index is 2810. The van der Waals surface area contributed by atoms with Crippen molar-refractivity contribution in [1.82, 2.24) is 14.5 Å². The van der Waals surface area contributed by atoms with Gasteiger partial charge in [-0.25, -0.2) is 4.98 Å². The van der Waals surface area contributed by atoms with Crippen molar-refractivity contribution in [3.8, 4) is 50.3 Å². The molecular formula is C48H31N3. The molecule has 3 heteroatoms. The maximum atomic E-state index is 4.96. The van der Waals surface area contributed by atoms with Crippen LogP contribution in [0.4, 0.5) is 0 Å². The molecule has 0 bridgehead atoms. The van der Waals surface area contributed by atoms with Crippen LogP contribution in [0.3, 0.4) is 0 Å². The number of aromatic nitrogens is 3. The second kappa shape index (κ2) is 11.9. The molecular weight excluding hydrogens is 619 g/mol. The Labute approximate surface area is 295 Å². The van der Waals surface area contributed by atoms with Crippen LogP contribution in [0, 0.1) is 0 Å². The van der Waals surface area contributed by atoms with Crippen LogP contribution < -0.4 is 0 Å². The van der Waals surface area contributed by atoms with E-state index in [0.29, 0.717) is 0 Å². The molecule has 0 aliphatic rings. The summed E-state index contributed by atoms with van der Waals surface area (Å²) in [7, 11) is 0. The average molecular weight is 650 g/mol. The standard InChI is InChI=1S/C48H31N3/c1-3-12-33(13-4-1)46-38-16-7-9-18-40(38)47(41-19-10-8-17-39(41)46)34-23-21-32(22-24-34)36-25-27-44(50-31-36)35-26-28-45-43(30-35)42-20-11-29-49-48(42)51(45)37-14-5-2-6-15-37/h1-31H. The van der Waals surface area contributed by atoms with Crippen LogP contribution >= 0.6 is 0 Å². The minimum atomic E-state index is 0.943. The minimum absolute atomic E-state index is 0.943. The van der Waals surface area contributed by atoms with Crippen LogP contribution in [0.25, 0.3) is 93.8 Å². The summed E-state index contributed by atoms with van der Waals surface area (Å²) < 4.78 is 2.23. The molecule has 0 fully saturated rings. The van der Waals surface area contributed by atoms with E-state index < -0.39 is 0 Å². The smallest absolute Gasteiger partial charge is 0.145 e. The predicted molar refractivity (Wildman–Crippen MR) is 213 cm³/mol. The number of nitrogens with zero attached hydrogens (tertiary/aromatic N) is 3. The maximum Gasteiger partial charge on any atom is 0.145 e. The summed E-state index contributed by atoms with van der Waals surface area (Å²) in [6, 6.07) is 62.8. The van der Waals surface area contributed by atoms with Gasteiger partial charge < -0.3 is 0 Å². The van der Waals surface area contributed by atoms with E-state index in [-0.39, 0.29) is 0 Å². The maximum absolute atomic E-state index is 4.96. The molecule has 51 heavy (non-hydrogen) atoms. The van der Waals surface area contributed by atoms with E-state index in [9.17, 15) is 0 Å². The molecule has 0 unspecified atom stereocenters. The van der Waals surface area contributed by atoms with Crippen molar-refractivity contribution in [1.29, 1.82) is 0 Å². The fourth-order valence-corrected chi connectivity index (χ4v) is 7.76. The molecule has 10 rings (SSSR count). The second-order valence-electron chi connectivity index (χ2n) is 13.0. The molecule has 0 atom stereocenters. The van der Waals surface area contributed by atoms with Gasteiger partial charge in [-0.3, -0.25) is 9.55 Å². The van der Waals surface area contributed by atoms with Gasteiger partial charge >= 0.3 is 0 Å². The lowest BCUT2D eigenvalue weighted by atomic mass is 9.86. The molecule has 238 valence electrons. The van der Waals surface area contributed by atoms with Crippen molar-refractivity contribution < 1.29 is 0 Å². The van der Waals surface area contributed by atoms with E-state index in [1.807, 2.05) is 24.5 Å². The fourth-order valence-electron chi connectivity index (χ4n) is 7.76. The van der Waals surface area contributed by atoms with E-state index in [2.05, 4.69) is 168 Å². The van der Waals surface area contributed by atoms with Gasteiger partial charge in [0.2, 0.25) is 0 Å². The Morgan fingerprint density at radius 2 is 0.882 bits per heavy atom. The molecule has 0 aliphatic heterocycles. The van der Waals surface area contributed by atoms with Crippen LogP contribution in [0.5, 0.6) is 0 Å². The molecule has 0 N–H and O–H groups in total. The first-order valence-corrected chi connectivity index (χ1v) is 17.3. The summed E-state index contributed by atoms with van der Waals surface area (Å²) in [4.78, 5) is 9.72. The van der Waals surface area contributed by atoms with Crippen molar-refractivity contribution in [3.63, 3.8) is 0 Å². The van der Waals surface area contributed by atoms with Crippen molar-refractivity contribution in [3.05, 3.63) is 188 Å². The summed E-state index contributed by atoms with van der Waals surface area (Å²) in [5.74, 6) is 0. The minimum Gasteiger partial charge on any atom is -0.294 e.